The highest BCUT2D eigenvalue weighted by molar-refractivity contribution is 7.89. The van der Waals surface area contributed by atoms with Crippen molar-refractivity contribution < 1.29 is 17.9 Å². The number of amides is 1. The number of hydrogen-bond acceptors (Lipinski definition) is 5. The molecule has 2 fully saturated rings. The summed E-state index contributed by atoms with van der Waals surface area (Å²) in [5.41, 5.74) is -0.0481. The predicted octanol–water partition coefficient (Wildman–Crippen LogP) is 2.61. The van der Waals surface area contributed by atoms with Gasteiger partial charge in [0.05, 0.1) is 24.7 Å². The highest BCUT2D eigenvalue weighted by atomic mass is 32.2. The van der Waals surface area contributed by atoms with Crippen LogP contribution in [-0.4, -0.2) is 75.5 Å². The first-order valence-corrected chi connectivity index (χ1v) is 12.9. The van der Waals surface area contributed by atoms with Crippen molar-refractivity contribution in [3.63, 3.8) is 0 Å². The maximum Gasteiger partial charge on any atom is 0.243 e. The second kappa shape index (κ2) is 9.87. The fraction of sp³-hybridized carbons (Fsp3) is 0.542. The first-order valence-electron chi connectivity index (χ1n) is 11.5. The molecule has 1 saturated carbocycles. The summed E-state index contributed by atoms with van der Waals surface area (Å²) in [5, 5.41) is 4.88. The van der Waals surface area contributed by atoms with E-state index >= 15 is 0 Å². The lowest BCUT2D eigenvalue weighted by Gasteiger charge is -2.48. The largest absolute Gasteiger partial charge is 0.379 e. The molecule has 1 saturated heterocycles. The molecule has 4 rings (SSSR count). The van der Waals surface area contributed by atoms with Crippen molar-refractivity contribution in [3.05, 3.63) is 42.5 Å². The summed E-state index contributed by atoms with van der Waals surface area (Å²) >= 11 is 0. The molecule has 0 bridgehead atoms. The smallest absolute Gasteiger partial charge is 0.243 e. The van der Waals surface area contributed by atoms with Crippen LogP contribution in [0.2, 0.25) is 0 Å². The van der Waals surface area contributed by atoms with Crippen molar-refractivity contribution in [1.82, 2.24) is 14.5 Å². The number of nitrogens with one attached hydrogen (secondary N) is 1. The molecule has 1 amide bonds. The number of hydrogen-bond donors (Lipinski definition) is 1. The number of ether oxygens (including phenoxy) is 1. The van der Waals surface area contributed by atoms with E-state index in [-0.39, 0.29) is 22.9 Å². The number of carbonyl (C=O) groups excluding carboxylic acids is 1. The van der Waals surface area contributed by atoms with E-state index in [9.17, 15) is 13.2 Å². The molecule has 174 valence electrons. The monoisotopic (exact) mass is 459 g/mol. The number of carbonyl (C=O) groups is 1. The minimum atomic E-state index is -3.76. The number of benzene rings is 2. The minimum Gasteiger partial charge on any atom is -0.379 e. The Labute approximate surface area is 190 Å². The van der Waals surface area contributed by atoms with Crippen LogP contribution < -0.4 is 5.32 Å². The van der Waals surface area contributed by atoms with E-state index in [2.05, 4.69) is 10.2 Å². The van der Waals surface area contributed by atoms with Gasteiger partial charge in [-0.25, -0.2) is 8.42 Å². The van der Waals surface area contributed by atoms with Crippen LogP contribution in [0.4, 0.5) is 0 Å². The third kappa shape index (κ3) is 4.98. The SMILES string of the molecule is CN(CC(=O)NCC1(N2CCOCC2)CCCCC1)S(=O)(=O)c1ccc2ccccc2c1. The Hall–Kier alpha value is -2.00. The number of sulfonamides is 1. The molecule has 0 aromatic heterocycles. The molecule has 2 aromatic carbocycles. The van der Waals surface area contributed by atoms with E-state index < -0.39 is 10.0 Å². The Kier molecular flexibility index (Phi) is 7.14. The Bertz CT molecular complexity index is 1040. The van der Waals surface area contributed by atoms with Gasteiger partial charge in [-0.15, -0.1) is 0 Å². The third-order valence-corrected chi connectivity index (χ3v) is 8.68. The van der Waals surface area contributed by atoms with E-state index in [1.165, 1.54) is 13.5 Å². The van der Waals surface area contributed by atoms with Crippen molar-refractivity contribution >= 4 is 26.7 Å². The number of nitrogens with zero attached hydrogens (tertiary/aromatic N) is 2. The van der Waals surface area contributed by atoms with Crippen LogP contribution in [0, 0.1) is 0 Å². The Morgan fingerprint density at radius 2 is 1.75 bits per heavy atom. The summed E-state index contributed by atoms with van der Waals surface area (Å²) in [6.07, 6.45) is 5.65. The minimum absolute atomic E-state index is 0.0481. The lowest BCUT2D eigenvalue weighted by molar-refractivity contribution is -0.122. The maximum absolute atomic E-state index is 13.1. The molecule has 1 aliphatic carbocycles. The Morgan fingerprint density at radius 3 is 2.47 bits per heavy atom. The number of fused-ring (bicyclic) bond motifs is 1. The molecule has 2 aromatic rings. The molecule has 32 heavy (non-hydrogen) atoms. The molecule has 0 radical (unpaired) electrons. The lowest BCUT2D eigenvalue weighted by atomic mass is 9.79. The number of morpholine rings is 1. The molecular formula is C24H33N3O4S. The standard InChI is InChI=1S/C24H33N3O4S/c1-26(32(29,30)22-10-9-20-7-3-4-8-21(20)17-22)18-23(28)25-19-24(11-5-2-6-12-24)27-13-15-31-16-14-27/h3-4,7-10,17H,2,5-6,11-16,18-19H2,1H3,(H,25,28). The van der Waals surface area contributed by atoms with Gasteiger partial charge in [0.2, 0.25) is 15.9 Å². The van der Waals surface area contributed by atoms with Crippen molar-refractivity contribution in [3.8, 4) is 0 Å². The Morgan fingerprint density at radius 1 is 1.06 bits per heavy atom. The molecule has 1 N–H and O–H groups in total. The van der Waals surface area contributed by atoms with Crippen LogP contribution in [0.3, 0.4) is 0 Å². The first-order chi connectivity index (χ1) is 15.4. The fourth-order valence-corrected chi connectivity index (χ4v) is 6.13. The highest BCUT2D eigenvalue weighted by Gasteiger charge is 2.39. The summed E-state index contributed by atoms with van der Waals surface area (Å²) in [7, 11) is -2.30. The van der Waals surface area contributed by atoms with Gasteiger partial charge >= 0.3 is 0 Å². The Balaban J connectivity index is 1.40. The van der Waals surface area contributed by atoms with Gasteiger partial charge in [-0.3, -0.25) is 9.69 Å². The van der Waals surface area contributed by atoms with Crippen LogP contribution in [0.1, 0.15) is 32.1 Å². The first kappa shape index (κ1) is 23.2. The number of likely N-dealkylation sites (N-methyl/N-ethyl adjacent to an activating group) is 1. The van der Waals surface area contributed by atoms with Crippen molar-refractivity contribution in [1.29, 1.82) is 0 Å². The predicted molar refractivity (Wildman–Crippen MR) is 125 cm³/mol. The molecule has 0 unspecified atom stereocenters. The summed E-state index contributed by atoms with van der Waals surface area (Å²) in [5.74, 6) is -0.268. The normalized spacial score (nSPS) is 19.8. The van der Waals surface area contributed by atoms with Crippen LogP contribution in [0.15, 0.2) is 47.4 Å². The second-order valence-electron chi connectivity index (χ2n) is 8.93. The van der Waals surface area contributed by atoms with E-state index in [1.807, 2.05) is 24.3 Å². The highest BCUT2D eigenvalue weighted by Crippen LogP contribution is 2.34. The lowest BCUT2D eigenvalue weighted by Crippen LogP contribution is -2.60. The quantitative estimate of drug-likeness (QED) is 0.689. The topological polar surface area (TPSA) is 79.0 Å². The van der Waals surface area contributed by atoms with E-state index in [0.29, 0.717) is 6.54 Å². The van der Waals surface area contributed by atoms with Crippen LogP contribution >= 0.6 is 0 Å². The van der Waals surface area contributed by atoms with Gasteiger partial charge < -0.3 is 10.1 Å². The van der Waals surface area contributed by atoms with E-state index in [1.54, 1.807) is 18.2 Å². The maximum atomic E-state index is 13.1. The molecule has 1 aliphatic heterocycles. The average molecular weight is 460 g/mol. The van der Waals surface area contributed by atoms with Crippen LogP contribution in [0.5, 0.6) is 0 Å². The molecule has 0 atom stereocenters. The van der Waals surface area contributed by atoms with Gasteiger partial charge in [-0.2, -0.15) is 4.31 Å². The van der Waals surface area contributed by atoms with E-state index in [4.69, 9.17) is 4.74 Å². The molecule has 8 heteroatoms. The summed E-state index contributed by atoms with van der Waals surface area (Å²) in [6, 6.07) is 12.7. The summed E-state index contributed by atoms with van der Waals surface area (Å²) < 4.78 is 32.8. The van der Waals surface area contributed by atoms with E-state index in [0.717, 1.165) is 67.1 Å². The zero-order valence-corrected chi connectivity index (χ0v) is 19.6. The number of rotatable bonds is 7. The van der Waals surface area contributed by atoms with Crippen molar-refractivity contribution in [2.75, 3.05) is 46.4 Å². The molecule has 2 aliphatic rings. The van der Waals surface area contributed by atoms with Crippen LogP contribution in [0.25, 0.3) is 10.8 Å². The fourth-order valence-electron chi connectivity index (χ4n) is 4.97. The molecule has 7 nitrogen and oxygen atoms in total. The zero-order valence-electron chi connectivity index (χ0n) is 18.8. The van der Waals surface area contributed by atoms with Gasteiger partial charge in [-0.1, -0.05) is 49.6 Å². The summed E-state index contributed by atoms with van der Waals surface area (Å²) in [4.78, 5) is 15.4. The zero-order chi connectivity index (χ0) is 22.6. The average Bonchev–Trinajstić information content (AvgIpc) is 2.83. The van der Waals surface area contributed by atoms with Gasteiger partial charge in [0.1, 0.15) is 0 Å². The molecule has 0 spiro atoms. The van der Waals surface area contributed by atoms with Gasteiger partial charge in [0, 0.05) is 32.2 Å². The van der Waals surface area contributed by atoms with Gasteiger partial charge in [0.15, 0.2) is 0 Å². The molecular weight excluding hydrogens is 426 g/mol. The van der Waals surface area contributed by atoms with Crippen molar-refractivity contribution in [2.45, 2.75) is 42.5 Å². The van der Waals surface area contributed by atoms with Crippen LogP contribution in [-0.2, 0) is 19.6 Å². The third-order valence-electron chi connectivity index (χ3n) is 6.88. The van der Waals surface area contributed by atoms with Crippen molar-refractivity contribution in [2.24, 2.45) is 0 Å². The van der Waals surface area contributed by atoms with Gasteiger partial charge in [0.25, 0.3) is 0 Å². The van der Waals surface area contributed by atoms with Gasteiger partial charge in [-0.05, 0) is 35.7 Å². The molecule has 1 heterocycles. The second-order valence-corrected chi connectivity index (χ2v) is 11.0. The summed E-state index contributed by atoms with van der Waals surface area (Å²) in [6.45, 7) is 3.56.